The third-order valence-electron chi connectivity index (χ3n) is 13.1. The van der Waals surface area contributed by atoms with Crippen molar-refractivity contribution >= 4 is 11.4 Å². The molecule has 6 heteroatoms. The van der Waals surface area contributed by atoms with E-state index in [4.69, 9.17) is 9.92 Å². The van der Waals surface area contributed by atoms with Gasteiger partial charge in [0, 0.05) is 12.5 Å². The first-order chi connectivity index (χ1) is 19.2. The highest BCUT2D eigenvalue weighted by molar-refractivity contribution is 7.74. The molecule has 0 radical (unpaired) electrons. The van der Waals surface area contributed by atoms with Gasteiger partial charge in [0.15, 0.2) is 0 Å². The fourth-order valence-corrected chi connectivity index (χ4v) is 11.4. The second-order valence-electron chi connectivity index (χ2n) is 16.5. The van der Waals surface area contributed by atoms with Crippen LogP contribution in [0.5, 0.6) is 0 Å². The number of rotatable bonds is 13. The average molecular weight is 594 g/mol. The van der Waals surface area contributed by atoms with Gasteiger partial charge in [-0.15, -0.1) is 0 Å². The molecule has 3 fully saturated rings. The number of nitrogens with zero attached hydrogens (tertiary/aromatic N) is 1. The van der Waals surface area contributed by atoms with Gasteiger partial charge in [-0.1, -0.05) is 72.5 Å². The molecule has 0 heterocycles. The molecular formula is C35H65N2O3S+. The van der Waals surface area contributed by atoms with Crippen LogP contribution in [0.3, 0.4) is 0 Å². The van der Waals surface area contributed by atoms with Gasteiger partial charge in [-0.2, -0.15) is 4.21 Å². The van der Waals surface area contributed by atoms with E-state index in [9.17, 15) is 8.76 Å². The molecule has 3 unspecified atom stereocenters. The lowest BCUT2D eigenvalue weighted by molar-refractivity contribution is -0.890. The van der Waals surface area contributed by atoms with Gasteiger partial charge in [0.05, 0.1) is 33.3 Å². The molecule has 0 saturated heterocycles. The van der Waals surface area contributed by atoms with E-state index in [1.165, 1.54) is 63.4 Å². The molecule has 0 bridgehead atoms. The Balaban J connectivity index is 1.57. The van der Waals surface area contributed by atoms with E-state index in [1.54, 1.807) is 0 Å². The molecule has 4 rings (SSSR count). The van der Waals surface area contributed by atoms with E-state index >= 15 is 0 Å². The molecule has 0 aromatic rings. The fourth-order valence-electron chi connectivity index (χ4n) is 11.0. The van der Waals surface area contributed by atoms with Crippen LogP contribution in [0.15, 0.2) is 11.6 Å². The van der Waals surface area contributed by atoms with Crippen LogP contribution in [0, 0.1) is 52.3 Å². The summed E-state index contributed by atoms with van der Waals surface area (Å²) in [7, 11) is 4.65. The van der Waals surface area contributed by atoms with E-state index in [0.29, 0.717) is 11.3 Å². The highest BCUT2D eigenvalue weighted by Gasteiger charge is 2.61. The quantitative estimate of drug-likeness (QED) is 0.129. The average Bonchev–Trinajstić information content (AvgIpc) is 3.24. The monoisotopic (exact) mass is 593 g/mol. The second-order valence-corrected chi connectivity index (χ2v) is 17.1. The second kappa shape index (κ2) is 13.4. The first kappa shape index (κ1) is 33.6. The summed E-state index contributed by atoms with van der Waals surface area (Å²) in [5.74, 6) is 4.98. The van der Waals surface area contributed by atoms with Crippen molar-refractivity contribution in [3.8, 4) is 0 Å². The number of hydrogen-bond acceptors (Lipinski definition) is 3. The fraction of sp³-hybridized carbons (Fsp3) is 0.943. The Morgan fingerprint density at radius 3 is 2.46 bits per heavy atom. The Morgan fingerprint density at radius 1 is 1.07 bits per heavy atom. The van der Waals surface area contributed by atoms with E-state index in [-0.39, 0.29) is 23.5 Å². The number of quaternary nitrogens is 1. The molecule has 3 N–H and O–H groups in total. The van der Waals surface area contributed by atoms with Crippen molar-refractivity contribution in [1.29, 1.82) is 0 Å². The number of nitrogens with two attached hydrogens (primary N) is 1. The lowest BCUT2D eigenvalue weighted by atomic mass is 9.44. The number of allylic oxidation sites excluding steroid dienone is 1. The van der Waals surface area contributed by atoms with Crippen LogP contribution in [0.2, 0.25) is 0 Å². The highest BCUT2D eigenvalue weighted by Crippen LogP contribution is 2.68. The van der Waals surface area contributed by atoms with E-state index in [2.05, 4.69) is 61.7 Å². The van der Waals surface area contributed by atoms with Gasteiger partial charge < -0.3 is 10.2 Å². The Bertz CT molecular complexity index is 936. The lowest BCUT2D eigenvalue weighted by Crippen LogP contribution is -2.58. The molecule has 0 spiro atoms. The molecule has 0 aromatic heterocycles. The van der Waals surface area contributed by atoms with Crippen LogP contribution in [0.25, 0.3) is 0 Å². The molecule has 0 aliphatic heterocycles. The Morgan fingerprint density at radius 2 is 1.80 bits per heavy atom. The Kier molecular flexibility index (Phi) is 11.0. The maximum absolute atomic E-state index is 11.7. The zero-order chi connectivity index (χ0) is 30.2. The maximum atomic E-state index is 11.7. The molecule has 4 aliphatic rings. The Hall–Kier alpha value is -0.270. The highest BCUT2D eigenvalue weighted by atomic mass is 32.2. The van der Waals surface area contributed by atoms with Crippen LogP contribution in [0.4, 0.5) is 0 Å². The smallest absolute Gasteiger partial charge is 0.302 e. The molecular weight excluding hydrogens is 528 g/mol. The van der Waals surface area contributed by atoms with E-state index in [0.717, 1.165) is 66.4 Å². The first-order valence-corrected chi connectivity index (χ1v) is 18.3. The molecule has 0 amide bonds. The standard InChI is InChI=1S/C35H64N2O3S/c1-9-20-37(7,8)21-18-33(36)32-23-27(40-41(38)39)22-26-13-14-28-30-16-15-29(25(4)12-10-11-24(2)3)34(30,5)19-17-31(28)35(26,32)6/h13,24-25,27-33H,9-12,14-23,36H2,1-8H3/p+1/t25-,27-,28+,29-,30+,31+,32?,33?,34-,35+/m1/s1. The van der Waals surface area contributed by atoms with E-state index in [1.807, 2.05) is 0 Å². The van der Waals surface area contributed by atoms with Gasteiger partial charge in [-0.25, -0.2) is 0 Å². The molecule has 5 nitrogen and oxygen atoms in total. The molecule has 4 aliphatic carbocycles. The normalized spacial score (nSPS) is 39.4. The third kappa shape index (κ3) is 7.02. The van der Waals surface area contributed by atoms with Crippen LogP contribution >= 0.6 is 0 Å². The van der Waals surface area contributed by atoms with Crippen molar-refractivity contribution in [3.05, 3.63) is 11.6 Å². The summed E-state index contributed by atoms with van der Waals surface area (Å²) in [6.45, 7) is 17.0. The van der Waals surface area contributed by atoms with Crippen LogP contribution < -0.4 is 5.73 Å². The molecule has 41 heavy (non-hydrogen) atoms. The minimum absolute atomic E-state index is 0.0589. The van der Waals surface area contributed by atoms with Gasteiger partial charge in [-0.05, 0) is 104 Å². The van der Waals surface area contributed by atoms with Gasteiger partial charge in [-0.3, -0.25) is 8.74 Å². The molecule has 11 atom stereocenters. The zero-order valence-corrected chi connectivity index (χ0v) is 28.7. The summed E-state index contributed by atoms with van der Waals surface area (Å²) in [5.41, 5.74) is 9.19. The van der Waals surface area contributed by atoms with Crippen molar-refractivity contribution in [2.45, 2.75) is 131 Å². The summed E-state index contributed by atoms with van der Waals surface area (Å²) in [6.07, 6.45) is 16.8. The van der Waals surface area contributed by atoms with Gasteiger partial charge >= 0.3 is 11.4 Å². The minimum atomic E-state index is -2.24. The SMILES string of the molecule is CCC[N+](C)(C)CCC(N)C1C[C@H](OS(=O)O)CC2=CC[C@H]3[C@@H]4CC[C@H]([C@H](C)CCCC(C)C)[C@@]4(C)CC[C@@H]3[C@]21C. The first-order valence-electron chi connectivity index (χ1n) is 17.3. The van der Waals surface area contributed by atoms with Crippen LogP contribution in [-0.2, 0) is 15.5 Å². The topological polar surface area (TPSA) is 72.5 Å². The third-order valence-corrected chi connectivity index (χ3v) is 13.5. The molecule has 0 aromatic carbocycles. The van der Waals surface area contributed by atoms with Crippen molar-refractivity contribution < 1.29 is 17.4 Å². The predicted octanol–water partition coefficient (Wildman–Crippen LogP) is 7.98. The van der Waals surface area contributed by atoms with E-state index < -0.39 is 11.4 Å². The summed E-state index contributed by atoms with van der Waals surface area (Å²) >= 11 is -2.24. The van der Waals surface area contributed by atoms with Crippen molar-refractivity contribution in [2.75, 3.05) is 27.2 Å². The molecule has 3 saturated carbocycles. The zero-order valence-electron chi connectivity index (χ0n) is 27.9. The van der Waals surface area contributed by atoms with Crippen LogP contribution in [-0.4, -0.2) is 52.6 Å². The summed E-state index contributed by atoms with van der Waals surface area (Å²) in [5, 5.41) is 0. The summed E-state index contributed by atoms with van der Waals surface area (Å²) in [4.78, 5) is 0. The van der Waals surface area contributed by atoms with Gasteiger partial charge in [0.1, 0.15) is 0 Å². The Labute approximate surface area is 255 Å². The summed E-state index contributed by atoms with van der Waals surface area (Å²) in [6, 6.07) is 0.0700. The molecule has 238 valence electrons. The maximum Gasteiger partial charge on any atom is 0.302 e. The van der Waals surface area contributed by atoms with Gasteiger partial charge in [0.2, 0.25) is 0 Å². The summed E-state index contributed by atoms with van der Waals surface area (Å²) < 4.78 is 27.9. The van der Waals surface area contributed by atoms with Gasteiger partial charge in [0.25, 0.3) is 0 Å². The van der Waals surface area contributed by atoms with Crippen molar-refractivity contribution in [3.63, 3.8) is 0 Å². The minimum Gasteiger partial charge on any atom is -0.328 e. The number of fused-ring (bicyclic) bond motifs is 5. The lowest BCUT2D eigenvalue weighted by Gasteiger charge is -2.61. The largest absolute Gasteiger partial charge is 0.328 e. The van der Waals surface area contributed by atoms with Crippen molar-refractivity contribution in [1.82, 2.24) is 0 Å². The van der Waals surface area contributed by atoms with Crippen LogP contribution in [0.1, 0.15) is 119 Å². The predicted molar refractivity (Wildman–Crippen MR) is 172 cm³/mol. The van der Waals surface area contributed by atoms with Crippen molar-refractivity contribution in [2.24, 2.45) is 58.0 Å². The number of hydrogen-bond donors (Lipinski definition) is 2.